The van der Waals surface area contributed by atoms with E-state index in [-0.39, 0.29) is 19.6 Å². The summed E-state index contributed by atoms with van der Waals surface area (Å²) in [4.78, 5) is 37.6. The van der Waals surface area contributed by atoms with Crippen molar-refractivity contribution in [3.63, 3.8) is 0 Å². The van der Waals surface area contributed by atoms with Crippen molar-refractivity contribution in [1.82, 2.24) is 0 Å². The van der Waals surface area contributed by atoms with E-state index in [0.717, 1.165) is 6.66 Å². The molecular formula is C6H15O6P. The van der Waals surface area contributed by atoms with Crippen LogP contribution in [0, 0.1) is 0 Å². The summed E-state index contributed by atoms with van der Waals surface area (Å²) in [6.07, 6.45) is -0.701. The molecule has 7 heteroatoms. The Bertz CT molecular complexity index is 174. The van der Waals surface area contributed by atoms with Crippen LogP contribution in [0.4, 0.5) is 0 Å². The van der Waals surface area contributed by atoms with Crippen LogP contribution in [-0.2, 0) is 9.53 Å². The van der Waals surface area contributed by atoms with Crippen molar-refractivity contribution in [1.29, 1.82) is 0 Å². The van der Waals surface area contributed by atoms with Gasteiger partial charge in [-0.05, 0) is 0 Å². The minimum absolute atomic E-state index is 0.124. The molecule has 0 radical (unpaired) electrons. The van der Waals surface area contributed by atoms with Gasteiger partial charge >= 0.3 is 75.0 Å². The van der Waals surface area contributed by atoms with Gasteiger partial charge < -0.3 is 0 Å². The number of hydrogen-bond acceptors (Lipinski definition) is 6. The van der Waals surface area contributed by atoms with Gasteiger partial charge in [0.15, 0.2) is 0 Å². The molecule has 0 saturated carbocycles. The van der Waals surface area contributed by atoms with Crippen molar-refractivity contribution in [3.8, 4) is 0 Å². The molecule has 0 aliphatic carbocycles. The Balaban J connectivity index is 3.71. The van der Waals surface area contributed by atoms with Crippen LogP contribution in [0.3, 0.4) is 0 Å². The number of ether oxygens (including phenoxy) is 1. The van der Waals surface area contributed by atoms with Gasteiger partial charge in [-0.25, -0.2) is 0 Å². The number of esters is 1. The first-order chi connectivity index (χ1) is 5.71. The number of carbonyl (C=O) groups excluding carboxylic acids is 1. The molecule has 0 atom stereocenters. The van der Waals surface area contributed by atoms with Crippen LogP contribution in [-0.4, -0.2) is 51.8 Å². The Morgan fingerprint density at radius 1 is 1.38 bits per heavy atom. The fourth-order valence-electron chi connectivity index (χ4n) is 0.585. The van der Waals surface area contributed by atoms with Crippen molar-refractivity contribution in [2.45, 2.75) is 6.42 Å². The number of hydrogen-bond donors (Lipinski definition) is 4. The van der Waals surface area contributed by atoms with E-state index in [9.17, 15) is 4.79 Å². The quantitative estimate of drug-likeness (QED) is 0.339. The molecule has 0 aliphatic heterocycles. The van der Waals surface area contributed by atoms with Crippen LogP contribution in [0.15, 0.2) is 0 Å². The molecule has 0 aromatic carbocycles. The molecule has 4 N–H and O–H groups in total. The first kappa shape index (κ1) is 12.7. The predicted molar refractivity (Wildman–Crippen MR) is 47.0 cm³/mol. The zero-order valence-electron chi connectivity index (χ0n) is 7.38. The number of carbonyl (C=O) groups is 1. The van der Waals surface area contributed by atoms with E-state index in [2.05, 4.69) is 4.74 Å². The first-order valence-corrected chi connectivity index (χ1v) is 6.46. The second-order valence-corrected chi connectivity index (χ2v) is 6.69. The van der Waals surface area contributed by atoms with Crippen LogP contribution in [0.5, 0.6) is 0 Å². The Morgan fingerprint density at radius 3 is 2.31 bits per heavy atom. The first-order valence-electron chi connectivity index (χ1n) is 3.73. The Labute approximate surface area is 75.9 Å². The molecule has 0 aromatic rings. The van der Waals surface area contributed by atoms with Gasteiger partial charge in [-0.2, -0.15) is 0 Å². The zero-order chi connectivity index (χ0) is 10.6. The summed E-state index contributed by atoms with van der Waals surface area (Å²) in [6, 6.07) is 0. The van der Waals surface area contributed by atoms with Gasteiger partial charge in [-0.3, -0.25) is 0 Å². The van der Waals surface area contributed by atoms with Gasteiger partial charge in [0, 0.05) is 0 Å². The van der Waals surface area contributed by atoms with E-state index in [1.54, 1.807) is 0 Å². The molecule has 0 spiro atoms. The van der Waals surface area contributed by atoms with Crippen LogP contribution in [0.2, 0.25) is 0 Å². The topological polar surface area (TPSA) is 107 Å². The Kier molecular flexibility index (Phi) is 4.22. The molecular weight excluding hydrogens is 199 g/mol. The molecule has 0 heterocycles. The minimum atomic E-state index is -4.58. The maximum atomic E-state index is 10.7. The molecule has 0 rings (SSSR count). The monoisotopic (exact) mass is 214 g/mol. The van der Waals surface area contributed by atoms with Gasteiger partial charge in [-0.1, -0.05) is 0 Å². The summed E-state index contributed by atoms with van der Waals surface area (Å²) in [5.74, 6) is -0.679. The van der Waals surface area contributed by atoms with Crippen molar-refractivity contribution in [2.75, 3.05) is 26.0 Å². The molecule has 0 aromatic heterocycles. The molecule has 0 saturated heterocycles. The third-order valence-corrected chi connectivity index (χ3v) is 2.46. The van der Waals surface area contributed by atoms with E-state index < -0.39 is 19.4 Å². The molecule has 13 heavy (non-hydrogen) atoms. The second kappa shape index (κ2) is 4.30. The average Bonchev–Trinajstić information content (AvgIpc) is 1.94. The summed E-state index contributed by atoms with van der Waals surface area (Å²) in [7, 11) is -4.58. The van der Waals surface area contributed by atoms with Crippen LogP contribution >= 0.6 is 7.28 Å². The summed E-state index contributed by atoms with van der Waals surface area (Å²) in [5, 5.41) is 8.28. The van der Waals surface area contributed by atoms with Gasteiger partial charge in [0.2, 0.25) is 0 Å². The SMILES string of the molecule is CP(O)(O)(O)CCC(=O)OCCO. The van der Waals surface area contributed by atoms with Crippen LogP contribution in [0.25, 0.3) is 0 Å². The third kappa shape index (κ3) is 9.66. The van der Waals surface area contributed by atoms with Gasteiger partial charge in [0.25, 0.3) is 0 Å². The fourth-order valence-corrected chi connectivity index (χ4v) is 1.29. The Morgan fingerprint density at radius 2 is 1.92 bits per heavy atom. The van der Waals surface area contributed by atoms with Crippen molar-refractivity contribution in [3.05, 3.63) is 0 Å². The van der Waals surface area contributed by atoms with Gasteiger partial charge in [0.05, 0.1) is 0 Å². The molecule has 0 unspecified atom stereocenters. The molecule has 0 aliphatic rings. The maximum absolute atomic E-state index is 10.7. The summed E-state index contributed by atoms with van der Waals surface area (Å²) in [5.41, 5.74) is 0. The van der Waals surface area contributed by atoms with Gasteiger partial charge in [0.1, 0.15) is 0 Å². The van der Waals surface area contributed by atoms with Crippen LogP contribution in [0.1, 0.15) is 6.42 Å². The van der Waals surface area contributed by atoms with E-state index in [1.165, 1.54) is 0 Å². The summed E-state index contributed by atoms with van der Waals surface area (Å²) < 4.78 is 4.43. The molecule has 0 fully saturated rings. The summed E-state index contributed by atoms with van der Waals surface area (Å²) in [6.45, 7) is 0.491. The molecule has 80 valence electrons. The number of rotatable bonds is 5. The van der Waals surface area contributed by atoms with Crippen molar-refractivity contribution >= 4 is 13.3 Å². The van der Waals surface area contributed by atoms with Crippen molar-refractivity contribution in [2.24, 2.45) is 0 Å². The normalized spacial score (nSPS) is 14.7. The predicted octanol–water partition coefficient (Wildman–Crippen LogP) is -1.18. The second-order valence-electron chi connectivity index (χ2n) is 3.03. The zero-order valence-corrected chi connectivity index (χ0v) is 8.28. The molecule has 0 bridgehead atoms. The fraction of sp³-hybridized carbons (Fsp3) is 0.833. The third-order valence-electron chi connectivity index (χ3n) is 1.19. The Hall–Kier alpha value is -0.260. The van der Waals surface area contributed by atoms with E-state index in [4.69, 9.17) is 19.8 Å². The standard InChI is InChI=1S/C6H15O6P/c1-13(9,10,11)5-2-6(8)12-4-3-7/h7,9-11H,2-5H2,1H3. The van der Waals surface area contributed by atoms with Crippen LogP contribution < -0.4 is 0 Å². The number of aliphatic hydroxyl groups excluding tert-OH is 1. The van der Waals surface area contributed by atoms with E-state index >= 15 is 0 Å². The van der Waals surface area contributed by atoms with Gasteiger partial charge in [-0.15, -0.1) is 0 Å². The van der Waals surface area contributed by atoms with E-state index in [0.29, 0.717) is 0 Å². The van der Waals surface area contributed by atoms with E-state index in [1.807, 2.05) is 0 Å². The molecule has 6 nitrogen and oxygen atoms in total. The molecule has 0 amide bonds. The number of aliphatic hydroxyl groups is 1. The van der Waals surface area contributed by atoms with Crippen molar-refractivity contribution < 1.29 is 29.3 Å². The average molecular weight is 214 g/mol. The summed E-state index contributed by atoms with van der Waals surface area (Å²) >= 11 is 0.